The van der Waals surface area contributed by atoms with Crippen LogP contribution in [-0.4, -0.2) is 70.5 Å². The fraction of sp³-hybridized carbons (Fsp3) is 0.609. The van der Waals surface area contributed by atoms with Crippen molar-refractivity contribution in [1.82, 2.24) is 9.62 Å². The zero-order chi connectivity index (χ0) is 25.3. The molecule has 0 saturated carbocycles. The SMILES string of the molecule is CCOC(=O)CCCNC(=O)COC(=O)c1ccc(OC)c(S(=O)(=O)N2CC(C)CC(C)C2)c1. The molecule has 2 rings (SSSR count). The number of carbonyl (C=O) groups excluding carboxylic acids is 3. The molecule has 1 aromatic rings. The first-order chi connectivity index (χ1) is 16.1. The maximum Gasteiger partial charge on any atom is 0.338 e. The second kappa shape index (κ2) is 12.7. The number of ether oxygens (including phenoxy) is 3. The lowest BCUT2D eigenvalue weighted by atomic mass is 9.94. The van der Waals surface area contributed by atoms with Gasteiger partial charge < -0.3 is 19.5 Å². The Morgan fingerprint density at radius 1 is 1.12 bits per heavy atom. The van der Waals surface area contributed by atoms with Crippen LogP contribution in [0.2, 0.25) is 0 Å². The van der Waals surface area contributed by atoms with Gasteiger partial charge in [-0.1, -0.05) is 13.8 Å². The van der Waals surface area contributed by atoms with Crippen molar-refractivity contribution in [2.75, 3.05) is 40.0 Å². The Hall–Kier alpha value is -2.66. The van der Waals surface area contributed by atoms with Crippen LogP contribution in [0.15, 0.2) is 23.1 Å². The molecule has 1 N–H and O–H groups in total. The maximum atomic E-state index is 13.3. The fourth-order valence-corrected chi connectivity index (χ4v) is 5.77. The number of nitrogens with one attached hydrogen (secondary N) is 1. The van der Waals surface area contributed by atoms with Crippen LogP contribution in [0.1, 0.15) is 50.4 Å². The van der Waals surface area contributed by atoms with Gasteiger partial charge in [0.2, 0.25) is 10.0 Å². The van der Waals surface area contributed by atoms with Crippen molar-refractivity contribution >= 4 is 27.9 Å². The quantitative estimate of drug-likeness (QED) is 0.362. The number of hydrogen-bond acceptors (Lipinski definition) is 8. The Bertz CT molecular complexity index is 969. The van der Waals surface area contributed by atoms with E-state index in [1.807, 2.05) is 13.8 Å². The van der Waals surface area contributed by atoms with E-state index in [0.29, 0.717) is 26.1 Å². The standard InChI is InChI=1S/C23H34N2O8S/c1-5-32-22(27)7-6-10-24-21(26)15-33-23(28)18-8-9-19(31-4)20(12-18)34(29,30)25-13-16(2)11-17(3)14-25/h8-9,12,16-17H,5-7,10-11,13-15H2,1-4H3,(H,24,26). The highest BCUT2D eigenvalue weighted by atomic mass is 32.2. The van der Waals surface area contributed by atoms with E-state index in [-0.39, 0.29) is 47.0 Å². The highest BCUT2D eigenvalue weighted by Crippen LogP contribution is 2.32. The second-order valence-corrected chi connectivity index (χ2v) is 10.4. The summed E-state index contributed by atoms with van der Waals surface area (Å²) in [6.45, 7) is 6.49. The highest BCUT2D eigenvalue weighted by molar-refractivity contribution is 7.89. The van der Waals surface area contributed by atoms with Crippen molar-refractivity contribution in [3.63, 3.8) is 0 Å². The normalized spacial score (nSPS) is 18.7. The Labute approximate surface area is 201 Å². The second-order valence-electron chi connectivity index (χ2n) is 8.47. The van der Waals surface area contributed by atoms with Gasteiger partial charge in [0.25, 0.3) is 5.91 Å². The number of esters is 2. The van der Waals surface area contributed by atoms with Gasteiger partial charge in [-0.05, 0) is 49.8 Å². The zero-order valence-corrected chi connectivity index (χ0v) is 21.0. The first-order valence-corrected chi connectivity index (χ1v) is 12.8. The predicted molar refractivity (Wildman–Crippen MR) is 124 cm³/mol. The zero-order valence-electron chi connectivity index (χ0n) is 20.2. The summed E-state index contributed by atoms with van der Waals surface area (Å²) in [7, 11) is -2.54. The smallest absolute Gasteiger partial charge is 0.338 e. The summed E-state index contributed by atoms with van der Waals surface area (Å²) >= 11 is 0. The van der Waals surface area contributed by atoms with Gasteiger partial charge in [0.05, 0.1) is 19.3 Å². The minimum Gasteiger partial charge on any atom is -0.495 e. The first-order valence-electron chi connectivity index (χ1n) is 11.4. The van der Waals surface area contributed by atoms with E-state index in [1.165, 1.54) is 29.6 Å². The van der Waals surface area contributed by atoms with E-state index in [9.17, 15) is 22.8 Å². The van der Waals surface area contributed by atoms with Gasteiger partial charge in [-0.2, -0.15) is 4.31 Å². The molecule has 2 unspecified atom stereocenters. The van der Waals surface area contributed by atoms with Crippen LogP contribution in [0, 0.1) is 11.8 Å². The molecule has 1 aliphatic heterocycles. The number of piperidine rings is 1. The van der Waals surface area contributed by atoms with E-state index in [2.05, 4.69) is 5.32 Å². The Morgan fingerprint density at radius 3 is 2.41 bits per heavy atom. The third-order valence-electron chi connectivity index (χ3n) is 5.37. The molecule has 1 fully saturated rings. The van der Waals surface area contributed by atoms with E-state index >= 15 is 0 Å². The average molecular weight is 499 g/mol. The Morgan fingerprint density at radius 2 is 1.79 bits per heavy atom. The van der Waals surface area contributed by atoms with Crippen LogP contribution in [0.25, 0.3) is 0 Å². The van der Waals surface area contributed by atoms with Crippen LogP contribution in [0.3, 0.4) is 0 Å². The van der Waals surface area contributed by atoms with E-state index < -0.39 is 28.5 Å². The van der Waals surface area contributed by atoms with Crippen molar-refractivity contribution in [2.45, 2.75) is 44.9 Å². The number of benzene rings is 1. The summed E-state index contributed by atoms with van der Waals surface area (Å²) in [6, 6.07) is 4.01. The average Bonchev–Trinajstić information content (AvgIpc) is 2.79. The molecule has 34 heavy (non-hydrogen) atoms. The molecule has 0 aromatic heterocycles. The Balaban J connectivity index is 2.01. The van der Waals surface area contributed by atoms with Gasteiger partial charge in [-0.3, -0.25) is 9.59 Å². The molecule has 2 atom stereocenters. The lowest BCUT2D eigenvalue weighted by Gasteiger charge is -2.34. The van der Waals surface area contributed by atoms with Crippen LogP contribution in [-0.2, 0) is 29.1 Å². The Kier molecular flexibility index (Phi) is 10.3. The molecule has 11 heteroatoms. The van der Waals surface area contributed by atoms with Crippen molar-refractivity contribution in [2.24, 2.45) is 11.8 Å². The topological polar surface area (TPSA) is 128 Å². The van der Waals surface area contributed by atoms with Gasteiger partial charge in [0.15, 0.2) is 6.61 Å². The summed E-state index contributed by atoms with van der Waals surface area (Å²) in [4.78, 5) is 35.6. The summed E-state index contributed by atoms with van der Waals surface area (Å²) < 4.78 is 43.2. The van der Waals surface area contributed by atoms with Crippen molar-refractivity contribution in [3.05, 3.63) is 23.8 Å². The lowest BCUT2D eigenvalue weighted by molar-refractivity contribution is -0.143. The van der Waals surface area contributed by atoms with Gasteiger partial charge in [0.1, 0.15) is 10.6 Å². The summed E-state index contributed by atoms with van der Waals surface area (Å²) in [5.41, 5.74) is -0.00686. The molecule has 1 heterocycles. The van der Waals surface area contributed by atoms with Gasteiger partial charge in [0, 0.05) is 26.1 Å². The molecule has 0 spiro atoms. The largest absolute Gasteiger partial charge is 0.495 e. The number of sulfonamides is 1. The molecule has 1 saturated heterocycles. The molecule has 190 valence electrons. The molecular weight excluding hydrogens is 464 g/mol. The third-order valence-corrected chi connectivity index (χ3v) is 7.22. The monoisotopic (exact) mass is 498 g/mol. The highest BCUT2D eigenvalue weighted by Gasteiger charge is 2.34. The number of hydrogen-bond donors (Lipinski definition) is 1. The minimum absolute atomic E-state index is 0.00686. The molecule has 0 bridgehead atoms. The van der Waals surface area contributed by atoms with Crippen LogP contribution in [0.4, 0.5) is 0 Å². The molecule has 10 nitrogen and oxygen atoms in total. The van der Waals surface area contributed by atoms with Crippen LogP contribution >= 0.6 is 0 Å². The third kappa shape index (κ3) is 7.69. The molecular formula is C23H34N2O8S. The molecule has 1 aromatic carbocycles. The number of nitrogens with zero attached hydrogens (tertiary/aromatic N) is 1. The van der Waals surface area contributed by atoms with E-state index in [0.717, 1.165) is 6.42 Å². The van der Waals surface area contributed by atoms with Gasteiger partial charge in [-0.25, -0.2) is 13.2 Å². The van der Waals surface area contributed by atoms with E-state index in [1.54, 1.807) is 6.92 Å². The summed E-state index contributed by atoms with van der Waals surface area (Å²) in [6.07, 6.45) is 1.51. The van der Waals surface area contributed by atoms with Crippen molar-refractivity contribution in [3.8, 4) is 5.75 Å². The first kappa shape index (κ1) is 27.6. The molecule has 0 radical (unpaired) electrons. The van der Waals surface area contributed by atoms with Crippen molar-refractivity contribution in [1.29, 1.82) is 0 Å². The summed E-state index contributed by atoms with van der Waals surface area (Å²) in [5, 5.41) is 2.55. The number of carbonyl (C=O) groups is 3. The van der Waals surface area contributed by atoms with E-state index in [4.69, 9.17) is 14.2 Å². The minimum atomic E-state index is -3.90. The molecule has 1 amide bonds. The number of rotatable bonds is 11. The number of amides is 1. The molecule has 1 aliphatic rings. The van der Waals surface area contributed by atoms with Crippen LogP contribution in [0.5, 0.6) is 5.75 Å². The lowest BCUT2D eigenvalue weighted by Crippen LogP contribution is -2.42. The van der Waals surface area contributed by atoms with Gasteiger partial charge >= 0.3 is 11.9 Å². The predicted octanol–water partition coefficient (Wildman–Crippen LogP) is 1.98. The number of methoxy groups -OCH3 is 1. The van der Waals surface area contributed by atoms with Gasteiger partial charge in [-0.15, -0.1) is 0 Å². The van der Waals surface area contributed by atoms with Crippen molar-refractivity contribution < 1.29 is 37.0 Å². The maximum absolute atomic E-state index is 13.3. The molecule has 0 aliphatic carbocycles. The summed E-state index contributed by atoms with van der Waals surface area (Å²) in [5.74, 6) is -1.15. The fourth-order valence-electron chi connectivity index (χ4n) is 3.91. The van der Waals surface area contributed by atoms with Crippen LogP contribution < -0.4 is 10.1 Å².